The number of alkyl halides is 1. The van der Waals surface area contributed by atoms with Gasteiger partial charge < -0.3 is 10.5 Å². The third-order valence-corrected chi connectivity index (χ3v) is 7.12. The Kier molecular flexibility index (Phi) is 8.54. The van der Waals surface area contributed by atoms with Crippen LogP contribution in [-0.2, 0) is 0 Å². The number of benzene rings is 2. The van der Waals surface area contributed by atoms with E-state index in [2.05, 4.69) is 30.9 Å². The molecule has 0 aliphatic rings. The molecule has 8 heteroatoms. The smallest absolute Gasteiger partial charge is 0.181 e. The van der Waals surface area contributed by atoms with Crippen LogP contribution in [0, 0.1) is 0 Å². The molecule has 5 aromatic rings. The van der Waals surface area contributed by atoms with E-state index in [4.69, 9.17) is 10.5 Å². The summed E-state index contributed by atoms with van der Waals surface area (Å²) in [6.07, 6.45) is 6.78. The molecule has 1 atom stereocenters. The molecule has 0 radical (unpaired) electrons. The minimum absolute atomic E-state index is 0.0496. The Bertz CT molecular complexity index is 1400. The van der Waals surface area contributed by atoms with Gasteiger partial charge in [-0.25, -0.2) is 4.98 Å². The van der Waals surface area contributed by atoms with E-state index < -0.39 is 0 Å². The summed E-state index contributed by atoms with van der Waals surface area (Å²) in [5.41, 5.74) is 10.5. The van der Waals surface area contributed by atoms with E-state index in [-0.39, 0.29) is 10.6 Å². The quantitative estimate of drug-likeness (QED) is 0.181. The number of rotatable bonds is 6. The van der Waals surface area contributed by atoms with Crippen molar-refractivity contribution in [1.29, 1.82) is 0 Å². The van der Waals surface area contributed by atoms with Crippen LogP contribution < -0.4 is 10.5 Å². The second-order valence-corrected chi connectivity index (χ2v) is 9.51. The van der Waals surface area contributed by atoms with Crippen molar-refractivity contribution in [2.45, 2.75) is 4.83 Å². The van der Waals surface area contributed by atoms with Crippen LogP contribution in [0.3, 0.4) is 0 Å². The molecule has 2 N–H and O–H groups in total. The fourth-order valence-electron chi connectivity index (χ4n) is 3.42. The summed E-state index contributed by atoms with van der Waals surface area (Å²) < 4.78 is 5.17. The zero-order valence-corrected chi connectivity index (χ0v) is 21.8. The number of carbonyl (C=O) groups excluding carboxylic acids is 1. The summed E-state index contributed by atoms with van der Waals surface area (Å²) >= 11 is 4.90. The minimum Gasteiger partial charge on any atom is -0.497 e. The number of nitrogens with zero attached hydrogens (tertiary/aromatic N) is 3. The number of anilines is 1. The summed E-state index contributed by atoms with van der Waals surface area (Å²) in [6, 6.07) is 24.8. The summed E-state index contributed by atoms with van der Waals surface area (Å²) in [4.78, 5) is 25.2. The van der Waals surface area contributed by atoms with Gasteiger partial charge in [-0.05, 0) is 59.7 Å². The molecule has 3 aromatic heterocycles. The third-order valence-electron chi connectivity index (χ3n) is 5.24. The van der Waals surface area contributed by atoms with Gasteiger partial charge in [0.1, 0.15) is 10.6 Å². The minimum atomic E-state index is -0.295. The molecule has 0 bridgehead atoms. The first kappa shape index (κ1) is 25.2. The maximum Gasteiger partial charge on any atom is 0.181 e. The molecule has 2 aromatic carbocycles. The Labute approximate surface area is 222 Å². The van der Waals surface area contributed by atoms with Gasteiger partial charge in [-0.2, -0.15) is 0 Å². The molecule has 5 rings (SSSR count). The van der Waals surface area contributed by atoms with Crippen molar-refractivity contribution in [3.8, 4) is 27.4 Å². The number of nitrogens with two attached hydrogens (primary N) is 1. The molecule has 0 amide bonds. The van der Waals surface area contributed by atoms with E-state index in [1.807, 2.05) is 66.7 Å². The molecule has 3 heterocycles. The second kappa shape index (κ2) is 12.2. The highest BCUT2D eigenvalue weighted by molar-refractivity contribution is 9.09. The van der Waals surface area contributed by atoms with E-state index >= 15 is 0 Å². The molecule has 0 fully saturated rings. The average molecular weight is 559 g/mol. The number of Topliss-reactive ketones (excluding diaryl/α,β-unsaturated/α-hetero) is 1. The van der Waals surface area contributed by atoms with E-state index in [1.54, 1.807) is 44.0 Å². The van der Waals surface area contributed by atoms with Crippen molar-refractivity contribution in [3.63, 3.8) is 0 Å². The topological polar surface area (TPSA) is 91.0 Å². The molecule has 0 saturated carbocycles. The zero-order valence-electron chi connectivity index (χ0n) is 19.4. The molecular formula is C28H23BrN4O2S. The Hall–Kier alpha value is -3.88. The fourth-order valence-corrected chi connectivity index (χ4v) is 4.85. The molecule has 6 nitrogen and oxygen atoms in total. The summed E-state index contributed by atoms with van der Waals surface area (Å²) in [5.74, 6) is 0.871. The van der Waals surface area contributed by atoms with Gasteiger partial charge in [-0.1, -0.05) is 57.6 Å². The third kappa shape index (κ3) is 6.21. The number of methoxy groups -OCH3 is 1. The number of thiazole rings is 1. The molecule has 36 heavy (non-hydrogen) atoms. The number of carbonyl (C=O) groups is 1. The summed E-state index contributed by atoms with van der Waals surface area (Å²) in [7, 11) is 1.65. The first-order valence-electron chi connectivity index (χ1n) is 11.0. The number of hydrogen-bond donors (Lipinski definition) is 1. The monoisotopic (exact) mass is 558 g/mol. The normalized spacial score (nSPS) is 11.2. The standard InChI is InChI=1S/C15H13N3OS.C13H10BrNO/c1-19-12-4-2-10(3-5-12)13-14(20-15(16)18-13)11-6-8-17-9-7-11;14-12(10-4-2-1-3-5-10)13(16)11-6-8-15-9-7-11/h2-9H,1H3,(H2,16,18);1-9,12H. The lowest BCUT2D eigenvalue weighted by Gasteiger charge is -2.08. The van der Waals surface area contributed by atoms with Gasteiger partial charge in [-0.15, -0.1) is 0 Å². The van der Waals surface area contributed by atoms with Crippen LogP contribution in [-0.4, -0.2) is 27.8 Å². The number of pyridine rings is 2. The van der Waals surface area contributed by atoms with E-state index in [0.29, 0.717) is 10.7 Å². The van der Waals surface area contributed by atoms with Crippen molar-refractivity contribution in [2.75, 3.05) is 12.8 Å². The van der Waals surface area contributed by atoms with Crippen molar-refractivity contribution in [3.05, 3.63) is 115 Å². The second-order valence-electron chi connectivity index (χ2n) is 7.57. The van der Waals surface area contributed by atoms with Gasteiger partial charge in [-0.3, -0.25) is 14.8 Å². The molecule has 0 spiro atoms. The predicted molar refractivity (Wildman–Crippen MR) is 148 cm³/mol. The lowest BCUT2D eigenvalue weighted by Crippen LogP contribution is -2.06. The summed E-state index contributed by atoms with van der Waals surface area (Å²) in [6.45, 7) is 0. The predicted octanol–water partition coefficient (Wildman–Crippen LogP) is 6.86. The Morgan fingerprint density at radius 3 is 2.08 bits per heavy atom. The van der Waals surface area contributed by atoms with Crippen LogP contribution in [0.15, 0.2) is 104 Å². The van der Waals surface area contributed by atoms with Crippen molar-refractivity contribution in [1.82, 2.24) is 15.0 Å². The molecule has 0 saturated heterocycles. The lowest BCUT2D eigenvalue weighted by molar-refractivity contribution is 0.0991. The highest BCUT2D eigenvalue weighted by atomic mass is 79.9. The fraction of sp³-hybridized carbons (Fsp3) is 0.0714. The van der Waals surface area contributed by atoms with Gasteiger partial charge in [0, 0.05) is 35.9 Å². The van der Waals surface area contributed by atoms with Crippen molar-refractivity contribution >= 4 is 38.2 Å². The summed E-state index contributed by atoms with van der Waals surface area (Å²) in [5, 5.41) is 0.558. The van der Waals surface area contributed by atoms with Gasteiger partial charge >= 0.3 is 0 Å². The number of hydrogen-bond acceptors (Lipinski definition) is 7. The number of ketones is 1. The molecular weight excluding hydrogens is 536 g/mol. The zero-order chi connectivity index (χ0) is 25.3. The first-order chi connectivity index (χ1) is 17.6. The van der Waals surface area contributed by atoms with Gasteiger partial charge in [0.25, 0.3) is 0 Å². The largest absolute Gasteiger partial charge is 0.497 e. The van der Waals surface area contributed by atoms with Gasteiger partial charge in [0.2, 0.25) is 0 Å². The van der Waals surface area contributed by atoms with E-state index in [1.165, 1.54) is 11.3 Å². The van der Waals surface area contributed by atoms with Crippen LogP contribution in [0.4, 0.5) is 5.13 Å². The van der Waals surface area contributed by atoms with Crippen LogP contribution in [0.1, 0.15) is 20.7 Å². The van der Waals surface area contributed by atoms with Crippen molar-refractivity contribution in [2.24, 2.45) is 0 Å². The number of nitrogen functional groups attached to an aromatic ring is 1. The van der Waals surface area contributed by atoms with Crippen LogP contribution in [0.2, 0.25) is 0 Å². The maximum absolute atomic E-state index is 12.1. The van der Waals surface area contributed by atoms with Crippen molar-refractivity contribution < 1.29 is 9.53 Å². The van der Waals surface area contributed by atoms with Gasteiger partial charge in [0.15, 0.2) is 10.9 Å². The van der Waals surface area contributed by atoms with E-state index in [0.717, 1.165) is 33.0 Å². The number of halogens is 1. The maximum atomic E-state index is 12.1. The molecule has 180 valence electrons. The Balaban J connectivity index is 0.000000174. The molecule has 0 aliphatic heterocycles. The van der Waals surface area contributed by atoms with Gasteiger partial charge in [0.05, 0.1) is 17.7 Å². The molecule has 0 aliphatic carbocycles. The highest BCUT2D eigenvalue weighted by Gasteiger charge is 2.18. The average Bonchev–Trinajstić information content (AvgIpc) is 3.35. The Morgan fingerprint density at radius 2 is 1.47 bits per heavy atom. The lowest BCUT2D eigenvalue weighted by atomic mass is 10.0. The van der Waals surface area contributed by atoms with Crippen LogP contribution in [0.25, 0.3) is 21.7 Å². The number of aromatic nitrogens is 3. The van der Waals surface area contributed by atoms with Crippen LogP contribution >= 0.6 is 27.3 Å². The number of ether oxygens (including phenoxy) is 1. The first-order valence-corrected chi connectivity index (χ1v) is 12.7. The van der Waals surface area contributed by atoms with E-state index in [9.17, 15) is 4.79 Å². The highest BCUT2D eigenvalue weighted by Crippen LogP contribution is 2.38. The SMILES string of the molecule is COc1ccc(-c2nc(N)sc2-c2ccncc2)cc1.O=C(c1ccncc1)C(Br)c1ccccc1. The molecule has 1 unspecified atom stereocenters. The van der Waals surface area contributed by atoms with Crippen LogP contribution in [0.5, 0.6) is 5.75 Å². The Morgan fingerprint density at radius 1 is 0.861 bits per heavy atom.